The largest absolute Gasteiger partial charge is 0.491 e. The fourth-order valence-corrected chi connectivity index (χ4v) is 2.23. The van der Waals surface area contributed by atoms with Crippen LogP contribution in [0.3, 0.4) is 0 Å². The number of benzene rings is 1. The summed E-state index contributed by atoms with van der Waals surface area (Å²) in [7, 11) is 0. The lowest BCUT2D eigenvalue weighted by Crippen LogP contribution is -2.35. The zero-order valence-corrected chi connectivity index (χ0v) is 13.3. The van der Waals surface area contributed by atoms with Crippen molar-refractivity contribution in [2.24, 2.45) is 0 Å². The molecule has 1 atom stereocenters. The molecule has 2 aromatic rings. The highest BCUT2D eigenvalue weighted by molar-refractivity contribution is 5.26. The van der Waals surface area contributed by atoms with Gasteiger partial charge in [0.2, 0.25) is 0 Å². The summed E-state index contributed by atoms with van der Waals surface area (Å²) in [5, 5.41) is 10.2. The van der Waals surface area contributed by atoms with Gasteiger partial charge in [0.25, 0.3) is 0 Å². The second-order valence-electron chi connectivity index (χ2n) is 5.46. The Morgan fingerprint density at radius 3 is 2.45 bits per heavy atom. The predicted octanol–water partition coefficient (Wildman–Crippen LogP) is 2.65. The predicted molar refractivity (Wildman–Crippen MR) is 87.9 cm³/mol. The molecule has 0 saturated heterocycles. The van der Waals surface area contributed by atoms with E-state index in [9.17, 15) is 5.11 Å². The third kappa shape index (κ3) is 5.47. The molecule has 0 aliphatic heterocycles. The minimum atomic E-state index is -0.511. The summed E-state index contributed by atoms with van der Waals surface area (Å²) in [6, 6.07) is 11.9. The van der Waals surface area contributed by atoms with Gasteiger partial charge in [0, 0.05) is 25.5 Å². The van der Waals surface area contributed by atoms with Crippen molar-refractivity contribution in [3.8, 4) is 5.75 Å². The Balaban J connectivity index is 1.79. The van der Waals surface area contributed by atoms with Gasteiger partial charge in [0.1, 0.15) is 18.5 Å². The van der Waals surface area contributed by atoms with Crippen molar-refractivity contribution in [1.29, 1.82) is 0 Å². The molecule has 0 aliphatic carbocycles. The van der Waals surface area contributed by atoms with Gasteiger partial charge in [-0.15, -0.1) is 0 Å². The molecular weight excluding hydrogens is 276 g/mol. The number of hydrogen-bond acceptors (Lipinski definition) is 4. The molecule has 4 nitrogen and oxygen atoms in total. The Kier molecular flexibility index (Phi) is 6.37. The minimum Gasteiger partial charge on any atom is -0.491 e. The molecule has 118 valence electrons. The molecule has 0 saturated carbocycles. The normalized spacial score (nSPS) is 12.4. The summed E-state index contributed by atoms with van der Waals surface area (Å²) >= 11 is 0. The highest BCUT2D eigenvalue weighted by Gasteiger charge is 2.11. The first-order valence-corrected chi connectivity index (χ1v) is 7.66. The maximum Gasteiger partial charge on any atom is 0.119 e. The van der Waals surface area contributed by atoms with E-state index in [1.807, 2.05) is 43.3 Å². The molecule has 1 N–H and O–H groups in total. The molecule has 2 rings (SSSR count). The van der Waals surface area contributed by atoms with Gasteiger partial charge in [0.15, 0.2) is 0 Å². The van der Waals surface area contributed by atoms with Crippen LogP contribution in [0.4, 0.5) is 0 Å². The molecular formula is C18H24N2O2. The van der Waals surface area contributed by atoms with Crippen molar-refractivity contribution >= 4 is 0 Å². The monoisotopic (exact) mass is 300 g/mol. The zero-order valence-electron chi connectivity index (χ0n) is 13.3. The van der Waals surface area contributed by atoms with Crippen LogP contribution in [0.5, 0.6) is 5.75 Å². The molecule has 22 heavy (non-hydrogen) atoms. The number of aliphatic hydroxyl groups excluding tert-OH is 1. The Morgan fingerprint density at radius 2 is 1.82 bits per heavy atom. The van der Waals surface area contributed by atoms with Gasteiger partial charge in [-0.1, -0.05) is 24.6 Å². The maximum atomic E-state index is 10.2. The summed E-state index contributed by atoms with van der Waals surface area (Å²) in [6.45, 7) is 6.71. The number of likely N-dealkylation sites (N-methyl/N-ethyl adjacent to an activating group) is 1. The number of aromatic nitrogens is 1. The Bertz CT molecular complexity index is 543. The van der Waals surface area contributed by atoms with Crippen LogP contribution in [0, 0.1) is 6.92 Å². The van der Waals surface area contributed by atoms with Gasteiger partial charge < -0.3 is 9.84 Å². The SMILES string of the molecule is CCN(Cc1ccncc1)C[C@H](O)COc1ccc(C)cc1. The number of aryl methyl sites for hydroxylation is 1. The molecule has 0 aliphatic rings. The average Bonchev–Trinajstić information content (AvgIpc) is 2.54. The van der Waals surface area contributed by atoms with Crippen LogP contribution < -0.4 is 4.74 Å². The first kappa shape index (κ1) is 16.5. The van der Waals surface area contributed by atoms with Gasteiger partial charge in [-0.3, -0.25) is 9.88 Å². The molecule has 0 unspecified atom stereocenters. The van der Waals surface area contributed by atoms with Crippen molar-refractivity contribution in [1.82, 2.24) is 9.88 Å². The van der Waals surface area contributed by atoms with Gasteiger partial charge in [0.05, 0.1) is 0 Å². The number of hydrogen-bond donors (Lipinski definition) is 1. The van der Waals surface area contributed by atoms with Crippen LogP contribution in [0.1, 0.15) is 18.1 Å². The number of ether oxygens (including phenoxy) is 1. The lowest BCUT2D eigenvalue weighted by Gasteiger charge is -2.23. The van der Waals surface area contributed by atoms with Crippen LogP contribution >= 0.6 is 0 Å². The summed E-state index contributed by atoms with van der Waals surface area (Å²) in [6.07, 6.45) is 3.07. The fraction of sp³-hybridized carbons (Fsp3) is 0.389. The van der Waals surface area contributed by atoms with E-state index in [1.54, 1.807) is 12.4 Å². The van der Waals surface area contributed by atoms with Crippen LogP contribution in [-0.4, -0.2) is 40.8 Å². The third-order valence-corrected chi connectivity index (χ3v) is 3.54. The van der Waals surface area contributed by atoms with E-state index in [1.165, 1.54) is 11.1 Å². The van der Waals surface area contributed by atoms with Gasteiger partial charge >= 0.3 is 0 Å². The smallest absolute Gasteiger partial charge is 0.119 e. The van der Waals surface area contributed by atoms with E-state index in [0.29, 0.717) is 13.2 Å². The van der Waals surface area contributed by atoms with Gasteiger partial charge in [-0.25, -0.2) is 0 Å². The maximum absolute atomic E-state index is 10.2. The Hall–Kier alpha value is -1.91. The molecule has 0 fully saturated rings. The van der Waals surface area contributed by atoms with E-state index in [4.69, 9.17) is 4.74 Å². The summed E-state index contributed by atoms with van der Waals surface area (Å²) < 4.78 is 5.63. The molecule has 1 heterocycles. The van der Waals surface area contributed by atoms with Crippen molar-refractivity contribution < 1.29 is 9.84 Å². The van der Waals surface area contributed by atoms with Crippen LogP contribution in [0.2, 0.25) is 0 Å². The van der Waals surface area contributed by atoms with E-state index < -0.39 is 6.10 Å². The standard InChI is InChI=1S/C18H24N2O2/c1-3-20(12-16-8-10-19-11-9-16)13-17(21)14-22-18-6-4-15(2)5-7-18/h4-11,17,21H,3,12-14H2,1-2H3/t17-/m0/s1. The van der Waals surface area contributed by atoms with Crippen LogP contribution in [0.15, 0.2) is 48.8 Å². The molecule has 0 bridgehead atoms. The number of aliphatic hydroxyl groups is 1. The van der Waals surface area contributed by atoms with E-state index in [0.717, 1.165) is 18.8 Å². The highest BCUT2D eigenvalue weighted by atomic mass is 16.5. The van der Waals surface area contributed by atoms with Crippen molar-refractivity contribution in [2.75, 3.05) is 19.7 Å². The van der Waals surface area contributed by atoms with E-state index >= 15 is 0 Å². The second-order valence-corrected chi connectivity index (χ2v) is 5.46. The van der Waals surface area contributed by atoms with Crippen molar-refractivity contribution in [3.63, 3.8) is 0 Å². The first-order chi connectivity index (χ1) is 10.7. The van der Waals surface area contributed by atoms with Crippen LogP contribution in [-0.2, 0) is 6.54 Å². The molecule has 4 heteroatoms. The number of rotatable bonds is 8. The molecule has 1 aromatic heterocycles. The summed E-state index contributed by atoms with van der Waals surface area (Å²) in [5.41, 5.74) is 2.39. The van der Waals surface area contributed by atoms with Gasteiger partial charge in [-0.05, 0) is 43.3 Å². The lowest BCUT2D eigenvalue weighted by atomic mass is 10.2. The van der Waals surface area contributed by atoms with Crippen molar-refractivity contribution in [2.45, 2.75) is 26.5 Å². The van der Waals surface area contributed by atoms with Gasteiger partial charge in [-0.2, -0.15) is 0 Å². The Labute approximate surface area is 132 Å². The second kappa shape index (κ2) is 8.51. The topological polar surface area (TPSA) is 45.6 Å². The van der Waals surface area contributed by atoms with E-state index in [-0.39, 0.29) is 0 Å². The Morgan fingerprint density at radius 1 is 1.14 bits per heavy atom. The molecule has 0 spiro atoms. The average molecular weight is 300 g/mol. The van der Waals surface area contributed by atoms with Crippen molar-refractivity contribution in [3.05, 3.63) is 59.9 Å². The molecule has 1 aromatic carbocycles. The summed E-state index contributed by atoms with van der Waals surface area (Å²) in [5.74, 6) is 0.793. The first-order valence-electron chi connectivity index (χ1n) is 7.66. The quantitative estimate of drug-likeness (QED) is 0.814. The molecule has 0 amide bonds. The zero-order chi connectivity index (χ0) is 15.8. The van der Waals surface area contributed by atoms with E-state index in [2.05, 4.69) is 16.8 Å². The number of nitrogens with zero attached hydrogens (tertiary/aromatic N) is 2. The highest BCUT2D eigenvalue weighted by Crippen LogP contribution is 2.12. The third-order valence-electron chi connectivity index (χ3n) is 3.54. The minimum absolute atomic E-state index is 0.301. The summed E-state index contributed by atoms with van der Waals surface area (Å²) in [4.78, 5) is 6.21. The number of pyridine rings is 1. The molecule has 0 radical (unpaired) electrons. The fourth-order valence-electron chi connectivity index (χ4n) is 2.23. The lowest BCUT2D eigenvalue weighted by molar-refractivity contribution is 0.0675. The van der Waals surface area contributed by atoms with Crippen LogP contribution in [0.25, 0.3) is 0 Å².